The monoisotopic (exact) mass is 368 g/mol. The van der Waals surface area contributed by atoms with Crippen LogP contribution in [-0.2, 0) is 26.7 Å². The van der Waals surface area contributed by atoms with Gasteiger partial charge in [0.25, 0.3) is 0 Å². The van der Waals surface area contributed by atoms with Crippen molar-refractivity contribution in [1.29, 1.82) is 0 Å². The van der Waals surface area contributed by atoms with Gasteiger partial charge in [0.05, 0.1) is 11.1 Å². The number of carboxylic acids is 2. The van der Waals surface area contributed by atoms with Crippen molar-refractivity contribution in [3.63, 3.8) is 0 Å². The first-order valence-corrected chi connectivity index (χ1v) is 7.10. The van der Waals surface area contributed by atoms with Crippen LogP contribution in [0.2, 0.25) is 0 Å². The van der Waals surface area contributed by atoms with Gasteiger partial charge in [-0.3, -0.25) is 0 Å². The third-order valence-electron chi connectivity index (χ3n) is 3.20. The first-order valence-electron chi connectivity index (χ1n) is 7.10. The molecular weight excluding hydrogens is 348 g/mol. The fourth-order valence-electron chi connectivity index (χ4n) is 2.11. The average Bonchev–Trinajstić information content (AvgIpc) is 3.16. The van der Waals surface area contributed by atoms with Gasteiger partial charge in [-0.25, -0.2) is 9.59 Å². The van der Waals surface area contributed by atoms with Crippen LogP contribution in [0.1, 0.15) is 20.8 Å². The maximum absolute atomic E-state index is 11.3. The van der Waals surface area contributed by atoms with E-state index in [0.717, 1.165) is 0 Å². The molecule has 5 heteroatoms. The van der Waals surface area contributed by atoms with Crippen LogP contribution < -0.4 is 0 Å². The van der Waals surface area contributed by atoms with E-state index < -0.39 is 11.9 Å². The first-order chi connectivity index (χ1) is 10.9. The molecule has 0 saturated heterocycles. The average molecular weight is 368 g/mol. The Morgan fingerprint density at radius 2 is 1.08 bits per heavy atom. The molecule has 0 heterocycles. The van der Waals surface area contributed by atoms with Crippen molar-refractivity contribution in [3.8, 4) is 0 Å². The zero-order chi connectivity index (χ0) is 17.4. The summed E-state index contributed by atoms with van der Waals surface area (Å²) < 4.78 is 0. The molecule has 2 aliphatic rings. The molecule has 0 aromatic rings. The normalized spacial score (nSPS) is 18.0. The van der Waals surface area contributed by atoms with Crippen LogP contribution in [0.25, 0.3) is 0 Å². The third kappa shape index (κ3) is 6.82. The van der Waals surface area contributed by atoms with Crippen LogP contribution >= 0.6 is 0 Å². The van der Waals surface area contributed by atoms with E-state index in [-0.39, 0.29) is 28.2 Å². The van der Waals surface area contributed by atoms with Gasteiger partial charge in [-0.1, -0.05) is 11.1 Å². The van der Waals surface area contributed by atoms with Crippen LogP contribution in [0.4, 0.5) is 0 Å². The van der Waals surface area contributed by atoms with Gasteiger partial charge in [-0.2, -0.15) is 0 Å². The van der Waals surface area contributed by atoms with Crippen molar-refractivity contribution >= 4 is 11.9 Å². The smallest absolute Gasteiger partial charge is 0.336 e. The van der Waals surface area contributed by atoms with E-state index in [0.29, 0.717) is 17.1 Å². The van der Waals surface area contributed by atoms with Crippen molar-refractivity contribution in [2.24, 2.45) is 0 Å². The molecule has 128 valence electrons. The predicted octanol–water partition coefficient (Wildman–Crippen LogP) is 3.23. The Morgan fingerprint density at radius 1 is 0.708 bits per heavy atom. The Kier molecular flexibility index (Phi) is 11.0. The Hall–Kier alpha value is -1.06. The molecule has 2 rings (SSSR count). The molecule has 0 aromatic carbocycles. The summed E-state index contributed by atoms with van der Waals surface area (Å²) in [5.41, 5.74) is 0.604. The second kappa shape index (κ2) is 11.5. The molecule has 24 heavy (non-hydrogen) atoms. The Morgan fingerprint density at radius 3 is 1.38 bits per heavy atom. The fourth-order valence-corrected chi connectivity index (χ4v) is 2.11. The van der Waals surface area contributed by atoms with Crippen LogP contribution in [0, 0.1) is 63.7 Å². The molecule has 10 radical (unpaired) electrons. The van der Waals surface area contributed by atoms with Gasteiger partial charge in [0.15, 0.2) is 0 Å². The van der Waals surface area contributed by atoms with E-state index in [9.17, 15) is 14.7 Å². The molecule has 0 amide bonds. The number of carbonyl (C=O) groups is 2. The SMILES string of the molecule is CC(C)=C(C(=O)O)/C(C(=O)O)=C(/C)[C]1[CH][CH][CH][CH]1.[CH]1[CH][CH][CH][CH]1.[Fe]. The maximum atomic E-state index is 11.3. The first kappa shape index (κ1) is 22.9. The predicted molar refractivity (Wildman–Crippen MR) is 88.3 cm³/mol. The van der Waals surface area contributed by atoms with Gasteiger partial charge >= 0.3 is 11.9 Å². The summed E-state index contributed by atoms with van der Waals surface area (Å²) >= 11 is 0. The van der Waals surface area contributed by atoms with E-state index in [1.165, 1.54) is 0 Å². The van der Waals surface area contributed by atoms with Gasteiger partial charge in [0.2, 0.25) is 0 Å². The van der Waals surface area contributed by atoms with Gasteiger partial charge in [0, 0.05) is 23.0 Å². The van der Waals surface area contributed by atoms with Crippen LogP contribution in [0.5, 0.6) is 0 Å². The third-order valence-corrected chi connectivity index (χ3v) is 3.20. The van der Waals surface area contributed by atoms with Crippen molar-refractivity contribution in [3.05, 3.63) is 86.0 Å². The van der Waals surface area contributed by atoms with Crippen molar-refractivity contribution in [2.75, 3.05) is 0 Å². The van der Waals surface area contributed by atoms with Crippen molar-refractivity contribution in [1.82, 2.24) is 0 Å². The van der Waals surface area contributed by atoms with Gasteiger partial charge in [-0.15, -0.1) is 0 Å². The summed E-state index contributed by atoms with van der Waals surface area (Å²) in [7, 11) is 0. The molecule has 0 unspecified atom stereocenters. The zero-order valence-electron chi connectivity index (χ0n) is 13.8. The van der Waals surface area contributed by atoms with Gasteiger partial charge in [-0.05, 0) is 78.6 Å². The number of rotatable bonds is 4. The molecule has 2 fully saturated rings. The minimum absolute atomic E-state index is 0. The summed E-state index contributed by atoms with van der Waals surface area (Å²) in [6.07, 6.45) is 17.1. The fraction of sp³-hybridized carbons (Fsp3) is 0.158. The Labute approximate surface area is 155 Å². The van der Waals surface area contributed by atoms with E-state index >= 15 is 0 Å². The molecule has 0 atom stereocenters. The van der Waals surface area contributed by atoms with E-state index in [2.05, 4.69) is 0 Å². The molecule has 0 bridgehead atoms. The standard InChI is InChI=1S/C14H15O4.C5H5.Fe/c1-8(2)11(13(15)16)12(14(17)18)9(3)10-6-4-5-7-10;1-2-4-5-3-1;/h4-7H,1-3H3,(H,15,16)(H,17,18);1-5H;/b12-9+;;. The second-order valence-electron chi connectivity index (χ2n) is 5.12. The minimum atomic E-state index is -1.23. The van der Waals surface area contributed by atoms with E-state index in [4.69, 9.17) is 5.11 Å². The molecular formula is C19H20FeO4. The number of aliphatic carboxylic acids is 2. The number of hydrogen-bond donors (Lipinski definition) is 2. The van der Waals surface area contributed by atoms with Crippen LogP contribution in [-0.4, -0.2) is 22.2 Å². The molecule has 2 saturated carbocycles. The Balaban J connectivity index is 0.000000751. The van der Waals surface area contributed by atoms with Crippen molar-refractivity contribution in [2.45, 2.75) is 20.8 Å². The zero-order valence-corrected chi connectivity index (χ0v) is 14.9. The largest absolute Gasteiger partial charge is 0.478 e. The molecule has 0 spiro atoms. The summed E-state index contributed by atoms with van der Waals surface area (Å²) in [4.78, 5) is 22.5. The Bertz CT molecular complexity index is 484. The molecule has 0 aromatic heterocycles. The molecule has 0 aliphatic heterocycles. The topological polar surface area (TPSA) is 74.6 Å². The molecule has 4 nitrogen and oxygen atoms in total. The number of allylic oxidation sites excluding steroid dienone is 2. The quantitative estimate of drug-likeness (QED) is 0.454. The number of hydrogen-bond acceptors (Lipinski definition) is 2. The van der Waals surface area contributed by atoms with Crippen LogP contribution in [0.3, 0.4) is 0 Å². The molecule has 2 aliphatic carbocycles. The summed E-state index contributed by atoms with van der Waals surface area (Å²) in [6.45, 7) is 4.79. The van der Waals surface area contributed by atoms with E-state index in [1.54, 1.807) is 46.5 Å². The minimum Gasteiger partial charge on any atom is -0.478 e. The van der Waals surface area contributed by atoms with Crippen molar-refractivity contribution < 1.29 is 36.9 Å². The summed E-state index contributed by atoms with van der Waals surface area (Å²) in [6, 6.07) is 0. The summed E-state index contributed by atoms with van der Waals surface area (Å²) in [5.74, 6) is -1.74. The number of carboxylic acid groups (broad SMARTS) is 2. The van der Waals surface area contributed by atoms with Gasteiger partial charge < -0.3 is 10.2 Å². The van der Waals surface area contributed by atoms with E-state index in [1.807, 2.05) is 32.1 Å². The summed E-state index contributed by atoms with van der Waals surface area (Å²) in [5, 5.41) is 18.4. The molecule has 2 N–H and O–H groups in total. The van der Waals surface area contributed by atoms with Gasteiger partial charge in [0.1, 0.15) is 0 Å². The maximum Gasteiger partial charge on any atom is 0.336 e. The van der Waals surface area contributed by atoms with Crippen LogP contribution in [0.15, 0.2) is 22.3 Å². The second-order valence-corrected chi connectivity index (χ2v) is 5.12.